The molecule has 5 aromatic rings. The highest BCUT2D eigenvalue weighted by molar-refractivity contribution is 7.88. The Balaban J connectivity index is 1.26. The van der Waals surface area contributed by atoms with Gasteiger partial charge in [-0.3, -0.25) is 14.3 Å². The van der Waals surface area contributed by atoms with Gasteiger partial charge in [0.15, 0.2) is 0 Å². The van der Waals surface area contributed by atoms with E-state index in [2.05, 4.69) is 27.2 Å². The van der Waals surface area contributed by atoms with Crippen molar-refractivity contribution in [1.29, 1.82) is 0 Å². The maximum absolute atomic E-state index is 14.4. The van der Waals surface area contributed by atoms with Crippen LogP contribution < -0.4 is 10.9 Å². The van der Waals surface area contributed by atoms with Gasteiger partial charge >= 0.3 is 0 Å². The molecule has 1 unspecified atom stereocenters. The number of sulfonamides is 1. The van der Waals surface area contributed by atoms with Gasteiger partial charge in [0.2, 0.25) is 16.0 Å². The van der Waals surface area contributed by atoms with E-state index in [-0.39, 0.29) is 17.7 Å². The van der Waals surface area contributed by atoms with Crippen molar-refractivity contribution in [3.05, 3.63) is 83.2 Å². The van der Waals surface area contributed by atoms with E-state index in [1.807, 2.05) is 54.2 Å². The zero-order valence-electron chi connectivity index (χ0n) is 26.6. The van der Waals surface area contributed by atoms with Crippen molar-refractivity contribution in [3.63, 3.8) is 0 Å². The molecular weight excluding hydrogens is 618 g/mol. The lowest BCUT2D eigenvalue weighted by Gasteiger charge is -2.32. The molecule has 13 nitrogen and oxygen atoms in total. The molecule has 4 aromatic heterocycles. The van der Waals surface area contributed by atoms with Crippen LogP contribution in [0.5, 0.6) is 0 Å². The molecule has 0 saturated carbocycles. The van der Waals surface area contributed by atoms with E-state index in [1.54, 1.807) is 29.2 Å². The second-order valence-electron chi connectivity index (χ2n) is 12.3. The third kappa shape index (κ3) is 6.41. The molecule has 1 atom stereocenters. The van der Waals surface area contributed by atoms with Gasteiger partial charge in [-0.15, -0.1) is 0 Å². The van der Waals surface area contributed by atoms with E-state index < -0.39 is 10.0 Å². The van der Waals surface area contributed by atoms with Gasteiger partial charge in [0.25, 0.3) is 5.56 Å². The van der Waals surface area contributed by atoms with Crippen molar-refractivity contribution >= 4 is 32.7 Å². The van der Waals surface area contributed by atoms with E-state index >= 15 is 0 Å². The molecular formula is C33H37N9O4S. The molecule has 2 aliphatic rings. The van der Waals surface area contributed by atoms with Crippen molar-refractivity contribution < 1.29 is 13.2 Å². The number of ether oxygens (including phenoxy) is 1. The number of hydrogen-bond acceptors (Lipinski definition) is 10. The Kier molecular flexibility index (Phi) is 8.34. The fraction of sp³-hybridized carbons (Fsp3) is 0.364. The highest BCUT2D eigenvalue weighted by Crippen LogP contribution is 2.30. The van der Waals surface area contributed by atoms with Crippen LogP contribution in [0, 0.1) is 0 Å². The van der Waals surface area contributed by atoms with Gasteiger partial charge in [0.1, 0.15) is 11.5 Å². The monoisotopic (exact) mass is 655 g/mol. The fourth-order valence-corrected chi connectivity index (χ4v) is 7.25. The molecule has 1 N–H and O–H groups in total. The molecule has 0 aliphatic carbocycles. The van der Waals surface area contributed by atoms with Crippen molar-refractivity contribution in [3.8, 4) is 22.6 Å². The Morgan fingerprint density at radius 3 is 2.43 bits per heavy atom. The summed E-state index contributed by atoms with van der Waals surface area (Å²) in [6.45, 7) is 3.10. The zero-order chi connectivity index (χ0) is 32.7. The van der Waals surface area contributed by atoms with Gasteiger partial charge in [-0.1, -0.05) is 12.1 Å². The molecule has 2 fully saturated rings. The number of rotatable bonds is 7. The van der Waals surface area contributed by atoms with Gasteiger partial charge in [0, 0.05) is 80.7 Å². The summed E-state index contributed by atoms with van der Waals surface area (Å²) in [5, 5.41) is 3.97. The van der Waals surface area contributed by atoms with Crippen LogP contribution in [-0.2, 0) is 21.8 Å². The average molecular weight is 656 g/mol. The number of pyridine rings is 2. The van der Waals surface area contributed by atoms with Crippen molar-refractivity contribution in [1.82, 2.24) is 38.3 Å². The van der Waals surface area contributed by atoms with E-state index in [1.165, 1.54) is 10.6 Å². The Labute approximate surface area is 272 Å². The third-order valence-electron chi connectivity index (χ3n) is 8.93. The lowest BCUT2D eigenvalue weighted by molar-refractivity contribution is -0.0208. The quantitative estimate of drug-likeness (QED) is 0.277. The fourth-order valence-electron chi connectivity index (χ4n) is 6.38. The summed E-state index contributed by atoms with van der Waals surface area (Å²) < 4.78 is 35.5. The van der Waals surface area contributed by atoms with Crippen LogP contribution in [0.25, 0.3) is 33.7 Å². The second kappa shape index (κ2) is 12.6. The average Bonchev–Trinajstić information content (AvgIpc) is 3.46. The number of morpholine rings is 1. The number of hydrogen-bond donors (Lipinski definition) is 1. The van der Waals surface area contributed by atoms with E-state index in [0.717, 1.165) is 35.6 Å². The Bertz CT molecular complexity index is 2070. The maximum atomic E-state index is 14.4. The first-order chi connectivity index (χ1) is 22.6. The summed E-state index contributed by atoms with van der Waals surface area (Å²) in [6.07, 6.45) is 9.20. The smallest absolute Gasteiger partial charge is 0.263 e. The molecule has 0 spiro atoms. The Morgan fingerprint density at radius 1 is 0.979 bits per heavy atom. The lowest BCUT2D eigenvalue weighted by Crippen LogP contribution is -2.40. The molecule has 47 heavy (non-hydrogen) atoms. The highest BCUT2D eigenvalue weighted by Gasteiger charge is 2.29. The molecule has 1 aromatic carbocycles. The predicted octanol–water partition coefficient (Wildman–Crippen LogP) is 3.60. The number of aryl methyl sites for hydroxylation is 1. The minimum Gasteiger partial charge on any atom is -0.371 e. The molecule has 0 amide bonds. The van der Waals surface area contributed by atoms with Crippen LogP contribution in [0.3, 0.4) is 0 Å². The first kappa shape index (κ1) is 31.1. The van der Waals surface area contributed by atoms with E-state index in [0.29, 0.717) is 60.9 Å². The minimum atomic E-state index is -3.34. The van der Waals surface area contributed by atoms with Gasteiger partial charge in [-0.25, -0.2) is 22.7 Å². The predicted molar refractivity (Wildman–Crippen MR) is 180 cm³/mol. The zero-order valence-corrected chi connectivity index (χ0v) is 27.4. The standard InChI is InChI=1S/C33H37N9O4S/c1-39-16-17-46-29(21-39)23-4-6-25(7-5-23)36-33-35-19-24-18-27(31-37-28(20-40(31)2)22-8-12-34-13-9-22)32(43)42(30(24)38-33)26-10-14-41(15-11-26)47(3,44)45/h4-9,12-13,18-20,26,29H,10-11,14-17,21H2,1-3H3,(H,35,36,38). The van der Waals surface area contributed by atoms with Crippen LogP contribution in [0.1, 0.15) is 30.6 Å². The van der Waals surface area contributed by atoms with Crippen LogP contribution in [-0.4, -0.2) is 92.8 Å². The topological polar surface area (TPSA) is 140 Å². The summed E-state index contributed by atoms with van der Waals surface area (Å²) in [5.74, 6) is 0.867. The third-order valence-corrected chi connectivity index (χ3v) is 10.2. The molecule has 244 valence electrons. The molecule has 0 radical (unpaired) electrons. The lowest BCUT2D eigenvalue weighted by atomic mass is 10.0. The van der Waals surface area contributed by atoms with E-state index in [9.17, 15) is 13.2 Å². The normalized spacial score (nSPS) is 18.5. The molecule has 0 bridgehead atoms. The molecule has 2 saturated heterocycles. The van der Waals surface area contributed by atoms with Crippen molar-refractivity contribution in [2.75, 3.05) is 51.4 Å². The summed E-state index contributed by atoms with van der Waals surface area (Å²) in [7, 11) is 0.617. The molecule has 7 rings (SSSR count). The number of nitrogens with one attached hydrogen (secondary N) is 1. The number of fused-ring (bicyclic) bond motifs is 1. The second-order valence-corrected chi connectivity index (χ2v) is 14.2. The first-order valence-corrected chi connectivity index (χ1v) is 17.5. The summed E-state index contributed by atoms with van der Waals surface area (Å²) in [5.41, 5.74) is 4.18. The maximum Gasteiger partial charge on any atom is 0.263 e. The van der Waals surface area contributed by atoms with Gasteiger partial charge in [-0.05, 0) is 55.8 Å². The number of likely N-dealkylation sites (N-methyl/N-ethyl adjacent to an activating group) is 1. The van der Waals surface area contributed by atoms with Gasteiger partial charge < -0.3 is 19.5 Å². The Morgan fingerprint density at radius 2 is 1.72 bits per heavy atom. The summed E-state index contributed by atoms with van der Waals surface area (Å²) in [4.78, 5) is 35.1. The number of anilines is 2. The van der Waals surface area contributed by atoms with Crippen LogP contribution in [0.2, 0.25) is 0 Å². The van der Waals surface area contributed by atoms with Crippen molar-refractivity contribution in [2.24, 2.45) is 7.05 Å². The summed E-state index contributed by atoms with van der Waals surface area (Å²) >= 11 is 0. The van der Waals surface area contributed by atoms with E-state index in [4.69, 9.17) is 14.7 Å². The largest absolute Gasteiger partial charge is 0.371 e. The molecule has 2 aliphatic heterocycles. The molecule has 14 heteroatoms. The SMILES string of the molecule is CN1CCOC(c2ccc(Nc3ncc4cc(-c5nc(-c6ccncc6)cn5C)c(=O)n(C5CCN(S(C)(=O)=O)CC5)c4n3)cc2)C1. The van der Waals surface area contributed by atoms with Crippen LogP contribution in [0.4, 0.5) is 11.6 Å². The Hall–Kier alpha value is -4.50. The number of imidazole rings is 1. The highest BCUT2D eigenvalue weighted by atomic mass is 32.2. The number of aromatic nitrogens is 6. The van der Waals surface area contributed by atoms with Crippen LogP contribution in [0.15, 0.2) is 72.0 Å². The number of benzene rings is 1. The van der Waals surface area contributed by atoms with Gasteiger partial charge in [-0.2, -0.15) is 4.98 Å². The summed E-state index contributed by atoms with van der Waals surface area (Å²) in [6, 6.07) is 13.3. The molecule has 6 heterocycles. The number of nitrogens with zero attached hydrogens (tertiary/aromatic N) is 8. The van der Waals surface area contributed by atoms with Crippen LogP contribution >= 0.6 is 0 Å². The minimum absolute atomic E-state index is 0.0250. The van der Waals surface area contributed by atoms with Crippen molar-refractivity contribution in [2.45, 2.75) is 25.0 Å². The first-order valence-electron chi connectivity index (χ1n) is 15.6. The number of piperidine rings is 1. The van der Waals surface area contributed by atoms with Gasteiger partial charge in [0.05, 0.1) is 30.2 Å².